The molecular formula is C24H19ClN6O4S. The van der Waals surface area contributed by atoms with Crippen LogP contribution < -0.4 is 10.2 Å². The fraction of sp³-hybridized carbons (Fsp3) is 0.0833. The Hall–Kier alpha value is -4.22. The van der Waals surface area contributed by atoms with Crippen molar-refractivity contribution in [3.05, 3.63) is 93.5 Å². The lowest BCUT2D eigenvalue weighted by molar-refractivity contribution is -0.384. The molecule has 0 saturated heterocycles. The van der Waals surface area contributed by atoms with E-state index in [-0.39, 0.29) is 22.4 Å². The van der Waals surface area contributed by atoms with Crippen LogP contribution in [-0.2, 0) is 4.79 Å². The second kappa shape index (κ2) is 11.5. The fourth-order valence-corrected chi connectivity index (χ4v) is 4.12. The van der Waals surface area contributed by atoms with Crippen LogP contribution in [0.15, 0.2) is 83.1 Å². The summed E-state index contributed by atoms with van der Waals surface area (Å²) in [4.78, 5) is 22.8. The lowest BCUT2D eigenvalue weighted by atomic mass is 10.2. The Balaban J connectivity index is 1.48. The number of benzene rings is 3. The van der Waals surface area contributed by atoms with Gasteiger partial charge in [-0.1, -0.05) is 59.8 Å². The lowest BCUT2D eigenvalue weighted by Gasteiger charge is -2.11. The largest absolute Gasteiger partial charge is 0.497 e. The number of thioether (sulfide) groups is 1. The molecule has 0 aliphatic rings. The molecule has 0 radical (unpaired) electrons. The Kier molecular flexibility index (Phi) is 7.93. The van der Waals surface area contributed by atoms with E-state index in [0.29, 0.717) is 22.3 Å². The minimum atomic E-state index is -0.586. The minimum Gasteiger partial charge on any atom is -0.497 e. The quantitative estimate of drug-likeness (QED) is 0.145. The minimum absolute atomic E-state index is 0.0151. The number of carbonyl (C=O) groups is 1. The van der Waals surface area contributed by atoms with Gasteiger partial charge in [-0.25, -0.2) is 5.43 Å². The van der Waals surface area contributed by atoms with Crippen LogP contribution in [0.4, 0.5) is 5.69 Å². The molecule has 4 aromatic rings. The predicted molar refractivity (Wildman–Crippen MR) is 138 cm³/mol. The van der Waals surface area contributed by atoms with Crippen LogP contribution in [0.2, 0.25) is 5.02 Å². The van der Waals surface area contributed by atoms with Gasteiger partial charge in [0.2, 0.25) is 0 Å². The van der Waals surface area contributed by atoms with Gasteiger partial charge in [0.1, 0.15) is 10.8 Å². The van der Waals surface area contributed by atoms with Crippen molar-refractivity contribution < 1.29 is 14.5 Å². The number of nitro groups is 1. The van der Waals surface area contributed by atoms with E-state index < -0.39 is 4.92 Å². The van der Waals surface area contributed by atoms with E-state index in [1.807, 2.05) is 59.2 Å². The SMILES string of the molecule is COc1ccc(-n2c(SCC(=O)NN=Cc3ccc(Cl)c([N+](=O)[O-])c3)nnc2-c2ccccc2)cc1. The molecule has 0 spiro atoms. The van der Waals surface area contributed by atoms with Crippen molar-refractivity contribution in [3.8, 4) is 22.8 Å². The van der Waals surface area contributed by atoms with Gasteiger partial charge in [0.25, 0.3) is 11.6 Å². The van der Waals surface area contributed by atoms with Gasteiger partial charge < -0.3 is 4.74 Å². The molecule has 182 valence electrons. The van der Waals surface area contributed by atoms with Crippen molar-refractivity contribution >= 4 is 41.2 Å². The third-order valence-electron chi connectivity index (χ3n) is 4.90. The average molecular weight is 523 g/mol. The first-order valence-corrected chi connectivity index (χ1v) is 11.9. The highest BCUT2D eigenvalue weighted by Crippen LogP contribution is 2.29. The van der Waals surface area contributed by atoms with Crippen molar-refractivity contribution in [3.63, 3.8) is 0 Å². The zero-order chi connectivity index (χ0) is 25.5. The van der Waals surface area contributed by atoms with Gasteiger partial charge >= 0.3 is 0 Å². The van der Waals surface area contributed by atoms with Crippen LogP contribution in [0.3, 0.4) is 0 Å². The number of hydrazone groups is 1. The number of nitrogens with one attached hydrogen (secondary N) is 1. The maximum absolute atomic E-state index is 12.4. The summed E-state index contributed by atoms with van der Waals surface area (Å²) in [6, 6.07) is 21.3. The summed E-state index contributed by atoms with van der Waals surface area (Å²) in [6.45, 7) is 0. The maximum Gasteiger partial charge on any atom is 0.288 e. The first kappa shape index (κ1) is 24.9. The highest BCUT2D eigenvalue weighted by atomic mass is 35.5. The van der Waals surface area contributed by atoms with Crippen LogP contribution in [0.1, 0.15) is 5.56 Å². The van der Waals surface area contributed by atoms with E-state index in [2.05, 4.69) is 20.7 Å². The molecule has 0 aliphatic carbocycles. The summed E-state index contributed by atoms with van der Waals surface area (Å²) in [6.07, 6.45) is 1.30. The van der Waals surface area contributed by atoms with E-state index in [4.69, 9.17) is 16.3 Å². The van der Waals surface area contributed by atoms with Crippen LogP contribution in [0.5, 0.6) is 5.75 Å². The van der Waals surface area contributed by atoms with Crippen molar-refractivity contribution in [2.75, 3.05) is 12.9 Å². The molecule has 1 N–H and O–H groups in total. The molecular weight excluding hydrogens is 504 g/mol. The van der Waals surface area contributed by atoms with E-state index in [9.17, 15) is 14.9 Å². The van der Waals surface area contributed by atoms with Crippen molar-refractivity contribution in [2.24, 2.45) is 5.10 Å². The molecule has 10 nitrogen and oxygen atoms in total. The molecule has 0 aliphatic heterocycles. The molecule has 1 amide bonds. The van der Waals surface area contributed by atoms with Crippen LogP contribution >= 0.6 is 23.4 Å². The normalized spacial score (nSPS) is 10.9. The third kappa shape index (κ3) is 5.88. The first-order chi connectivity index (χ1) is 17.5. The molecule has 0 fully saturated rings. The number of nitro benzene ring substituents is 1. The Morgan fingerprint density at radius 3 is 2.61 bits per heavy atom. The summed E-state index contributed by atoms with van der Waals surface area (Å²) in [5, 5.41) is 24.1. The molecule has 0 unspecified atom stereocenters. The number of aromatic nitrogens is 3. The topological polar surface area (TPSA) is 125 Å². The Morgan fingerprint density at radius 1 is 1.17 bits per heavy atom. The van der Waals surface area contributed by atoms with Crippen LogP contribution in [0.25, 0.3) is 17.1 Å². The molecule has 0 bridgehead atoms. The third-order valence-corrected chi connectivity index (χ3v) is 6.15. The van der Waals surface area contributed by atoms with E-state index in [1.54, 1.807) is 13.2 Å². The van der Waals surface area contributed by atoms with Crippen molar-refractivity contribution in [1.29, 1.82) is 0 Å². The summed E-state index contributed by atoms with van der Waals surface area (Å²) in [7, 11) is 1.60. The smallest absolute Gasteiger partial charge is 0.288 e. The number of rotatable bonds is 9. The van der Waals surface area contributed by atoms with Gasteiger partial charge in [0.05, 0.1) is 24.0 Å². The number of ether oxygens (including phenoxy) is 1. The number of nitrogens with zero attached hydrogens (tertiary/aromatic N) is 5. The molecule has 36 heavy (non-hydrogen) atoms. The van der Waals surface area contributed by atoms with Crippen molar-refractivity contribution in [1.82, 2.24) is 20.2 Å². The first-order valence-electron chi connectivity index (χ1n) is 10.5. The summed E-state index contributed by atoms with van der Waals surface area (Å²) < 4.78 is 7.12. The second-order valence-corrected chi connectivity index (χ2v) is 8.61. The van der Waals surface area contributed by atoms with Crippen molar-refractivity contribution in [2.45, 2.75) is 5.16 Å². The molecule has 12 heteroatoms. The summed E-state index contributed by atoms with van der Waals surface area (Å²) in [5.41, 5.74) is 4.28. The molecule has 3 aromatic carbocycles. The highest BCUT2D eigenvalue weighted by molar-refractivity contribution is 7.99. The average Bonchev–Trinajstić information content (AvgIpc) is 3.33. The molecule has 0 saturated carbocycles. The number of amides is 1. The zero-order valence-corrected chi connectivity index (χ0v) is 20.4. The van der Waals surface area contributed by atoms with Gasteiger partial charge in [-0.05, 0) is 30.3 Å². The second-order valence-electron chi connectivity index (χ2n) is 7.26. The lowest BCUT2D eigenvalue weighted by Crippen LogP contribution is -2.20. The maximum atomic E-state index is 12.4. The zero-order valence-electron chi connectivity index (χ0n) is 18.9. The van der Waals surface area contributed by atoms with E-state index in [1.165, 1.54) is 30.1 Å². The summed E-state index contributed by atoms with van der Waals surface area (Å²) >= 11 is 7.01. The molecule has 0 atom stereocenters. The van der Waals surface area contributed by atoms with Crippen LogP contribution in [0, 0.1) is 10.1 Å². The van der Waals surface area contributed by atoms with E-state index >= 15 is 0 Å². The number of halogens is 1. The molecule has 4 rings (SSSR count). The Labute approximate surface area is 215 Å². The number of methoxy groups -OCH3 is 1. The van der Waals surface area contributed by atoms with E-state index in [0.717, 1.165) is 11.3 Å². The Bertz CT molecular complexity index is 1410. The summed E-state index contributed by atoms with van der Waals surface area (Å²) in [5.74, 6) is 0.975. The van der Waals surface area contributed by atoms with Gasteiger partial charge in [-0.15, -0.1) is 10.2 Å². The van der Waals surface area contributed by atoms with Gasteiger partial charge in [-0.2, -0.15) is 5.10 Å². The Morgan fingerprint density at radius 2 is 1.92 bits per heavy atom. The standard InChI is InChI=1S/C24H19ClN6O4S/c1-35-19-10-8-18(9-11-19)30-23(17-5-3-2-4-6-17)28-29-24(30)36-15-22(32)27-26-14-16-7-12-20(25)21(13-16)31(33)34/h2-14H,15H2,1H3,(H,27,32). The molecule has 1 heterocycles. The number of hydrogen-bond acceptors (Lipinski definition) is 8. The monoisotopic (exact) mass is 522 g/mol. The van der Waals surface area contributed by atoms with Gasteiger partial charge in [0, 0.05) is 22.9 Å². The fourth-order valence-electron chi connectivity index (χ4n) is 3.19. The predicted octanol–water partition coefficient (Wildman–Crippen LogP) is 4.75. The molecule has 1 aromatic heterocycles. The van der Waals surface area contributed by atoms with Crippen LogP contribution in [-0.4, -0.2) is 44.7 Å². The highest BCUT2D eigenvalue weighted by Gasteiger charge is 2.17. The van der Waals surface area contributed by atoms with Gasteiger partial charge in [-0.3, -0.25) is 19.5 Å². The number of carbonyl (C=O) groups excluding carboxylic acids is 1. The van der Waals surface area contributed by atoms with Gasteiger partial charge in [0.15, 0.2) is 11.0 Å². The number of hydrogen-bond donors (Lipinski definition) is 1.